The van der Waals surface area contributed by atoms with E-state index in [2.05, 4.69) is 43.2 Å². The van der Waals surface area contributed by atoms with Crippen LogP contribution in [0.1, 0.15) is 10.7 Å². The number of thiophene rings is 1. The van der Waals surface area contributed by atoms with Crippen LogP contribution in [0.15, 0.2) is 17.5 Å². The molecule has 0 unspecified atom stereocenters. The average molecular weight is 290 g/mol. The van der Waals surface area contributed by atoms with Crippen molar-refractivity contribution in [2.75, 3.05) is 43.9 Å². The van der Waals surface area contributed by atoms with Crippen LogP contribution in [0.5, 0.6) is 0 Å². The van der Waals surface area contributed by atoms with E-state index in [4.69, 9.17) is 5.73 Å². The first kappa shape index (κ1) is 13.3. The lowest BCUT2D eigenvalue weighted by atomic mass is 10.3. The summed E-state index contributed by atoms with van der Waals surface area (Å²) in [6, 6.07) is 4.12. The highest BCUT2D eigenvalue weighted by atomic mass is 32.1. The molecule has 6 nitrogen and oxygen atoms in total. The largest absolute Gasteiger partial charge is 0.368 e. The molecule has 3 heterocycles. The summed E-state index contributed by atoms with van der Waals surface area (Å²) < 4.78 is 0. The fourth-order valence-corrected chi connectivity index (χ4v) is 2.92. The number of rotatable bonds is 3. The molecule has 0 saturated carbocycles. The number of piperazine rings is 1. The highest BCUT2D eigenvalue weighted by Crippen LogP contribution is 2.16. The summed E-state index contributed by atoms with van der Waals surface area (Å²) in [4.78, 5) is 18.8. The molecule has 106 valence electrons. The van der Waals surface area contributed by atoms with Crippen LogP contribution in [-0.4, -0.2) is 53.1 Å². The zero-order chi connectivity index (χ0) is 13.9. The molecule has 2 N–H and O–H groups in total. The van der Waals surface area contributed by atoms with Gasteiger partial charge in [-0.05, 0) is 18.5 Å². The highest BCUT2D eigenvalue weighted by Gasteiger charge is 2.18. The fraction of sp³-hybridized carbons (Fsp3) is 0.462. The third kappa shape index (κ3) is 3.05. The maximum Gasteiger partial charge on any atom is 0.230 e. The molecule has 1 saturated heterocycles. The van der Waals surface area contributed by atoms with Crippen LogP contribution in [0.2, 0.25) is 0 Å². The van der Waals surface area contributed by atoms with E-state index in [0.717, 1.165) is 32.0 Å². The van der Waals surface area contributed by atoms with Crippen LogP contribution in [0.3, 0.4) is 0 Å². The van der Waals surface area contributed by atoms with Crippen molar-refractivity contribution >= 4 is 23.2 Å². The predicted molar refractivity (Wildman–Crippen MR) is 81.1 cm³/mol. The van der Waals surface area contributed by atoms with Gasteiger partial charge in [-0.1, -0.05) is 6.07 Å². The maximum absolute atomic E-state index is 5.83. The van der Waals surface area contributed by atoms with Gasteiger partial charge in [0.1, 0.15) is 5.82 Å². The summed E-state index contributed by atoms with van der Waals surface area (Å²) in [7, 11) is 2.13. The number of aromatic nitrogens is 3. The Bertz CT molecular complexity index is 562. The molecule has 2 aromatic heterocycles. The lowest BCUT2D eigenvalue weighted by Crippen LogP contribution is -2.45. The van der Waals surface area contributed by atoms with Crippen LogP contribution in [0.25, 0.3) is 0 Å². The van der Waals surface area contributed by atoms with Crippen molar-refractivity contribution in [2.24, 2.45) is 0 Å². The van der Waals surface area contributed by atoms with Crippen molar-refractivity contribution in [1.29, 1.82) is 0 Å². The third-order valence-corrected chi connectivity index (χ3v) is 4.26. The molecule has 7 heteroatoms. The van der Waals surface area contributed by atoms with Crippen LogP contribution >= 0.6 is 11.3 Å². The van der Waals surface area contributed by atoms with Crippen molar-refractivity contribution in [3.05, 3.63) is 28.2 Å². The molecule has 3 rings (SSSR count). The lowest BCUT2D eigenvalue weighted by molar-refractivity contribution is 0.311. The molecular formula is C13H18N6S. The van der Waals surface area contributed by atoms with E-state index in [0.29, 0.717) is 18.3 Å². The number of likely N-dealkylation sites (N-methyl/N-ethyl adjacent to an activating group) is 1. The highest BCUT2D eigenvalue weighted by molar-refractivity contribution is 7.09. The zero-order valence-electron chi connectivity index (χ0n) is 11.5. The van der Waals surface area contributed by atoms with Gasteiger partial charge in [0.05, 0.1) is 0 Å². The average Bonchev–Trinajstić information content (AvgIpc) is 2.91. The Morgan fingerprint density at radius 3 is 2.70 bits per heavy atom. The van der Waals surface area contributed by atoms with Crippen LogP contribution in [-0.2, 0) is 6.42 Å². The van der Waals surface area contributed by atoms with E-state index in [-0.39, 0.29) is 0 Å². The monoisotopic (exact) mass is 290 g/mol. The van der Waals surface area contributed by atoms with Gasteiger partial charge < -0.3 is 15.5 Å². The summed E-state index contributed by atoms with van der Waals surface area (Å²) in [5.41, 5.74) is 5.83. The SMILES string of the molecule is CN1CCN(c2nc(N)nc(Cc3cccs3)n2)CC1. The van der Waals surface area contributed by atoms with E-state index in [1.165, 1.54) is 4.88 Å². The summed E-state index contributed by atoms with van der Waals surface area (Å²) in [6.45, 7) is 3.90. The van der Waals surface area contributed by atoms with Crippen molar-refractivity contribution in [3.63, 3.8) is 0 Å². The Morgan fingerprint density at radius 2 is 2.00 bits per heavy atom. The lowest BCUT2D eigenvalue weighted by Gasteiger charge is -2.32. The van der Waals surface area contributed by atoms with E-state index in [1.54, 1.807) is 11.3 Å². The van der Waals surface area contributed by atoms with Crippen molar-refractivity contribution in [3.8, 4) is 0 Å². The van der Waals surface area contributed by atoms with E-state index >= 15 is 0 Å². The molecule has 0 aromatic carbocycles. The topological polar surface area (TPSA) is 71.2 Å². The van der Waals surface area contributed by atoms with E-state index in [9.17, 15) is 0 Å². The Morgan fingerprint density at radius 1 is 1.20 bits per heavy atom. The second-order valence-corrected chi connectivity index (χ2v) is 5.99. The van der Waals surface area contributed by atoms with Gasteiger partial charge in [0, 0.05) is 37.5 Å². The number of nitrogen functional groups attached to an aromatic ring is 1. The summed E-state index contributed by atoms with van der Waals surface area (Å²) in [6.07, 6.45) is 0.713. The Hall–Kier alpha value is -1.73. The third-order valence-electron chi connectivity index (χ3n) is 3.39. The molecule has 0 radical (unpaired) electrons. The van der Waals surface area contributed by atoms with Crippen molar-refractivity contribution in [1.82, 2.24) is 19.9 Å². The molecule has 0 aliphatic carbocycles. The Balaban J connectivity index is 1.79. The summed E-state index contributed by atoms with van der Waals surface area (Å²) in [5.74, 6) is 1.76. The van der Waals surface area contributed by atoms with Gasteiger partial charge in [-0.15, -0.1) is 11.3 Å². The minimum atomic E-state index is 0.306. The van der Waals surface area contributed by atoms with Crippen molar-refractivity contribution < 1.29 is 0 Å². The van der Waals surface area contributed by atoms with Crippen LogP contribution < -0.4 is 10.6 Å². The van der Waals surface area contributed by atoms with E-state index < -0.39 is 0 Å². The molecule has 0 amide bonds. The van der Waals surface area contributed by atoms with Gasteiger partial charge in [0.25, 0.3) is 0 Å². The number of hydrogen-bond acceptors (Lipinski definition) is 7. The normalized spacial score (nSPS) is 16.6. The number of hydrogen-bond donors (Lipinski definition) is 1. The first-order chi connectivity index (χ1) is 9.70. The second-order valence-electron chi connectivity index (χ2n) is 4.96. The van der Waals surface area contributed by atoms with Crippen molar-refractivity contribution in [2.45, 2.75) is 6.42 Å². The summed E-state index contributed by atoms with van der Waals surface area (Å²) in [5, 5.41) is 2.06. The van der Waals surface area contributed by atoms with Gasteiger partial charge in [0.2, 0.25) is 11.9 Å². The first-order valence-electron chi connectivity index (χ1n) is 6.67. The van der Waals surface area contributed by atoms with Crippen LogP contribution in [0, 0.1) is 0 Å². The van der Waals surface area contributed by atoms with Gasteiger partial charge in [-0.2, -0.15) is 15.0 Å². The molecular weight excluding hydrogens is 272 g/mol. The summed E-state index contributed by atoms with van der Waals surface area (Å²) >= 11 is 1.70. The number of nitrogens with zero attached hydrogens (tertiary/aromatic N) is 5. The Labute approximate surface area is 122 Å². The Kier molecular flexibility index (Phi) is 3.79. The smallest absolute Gasteiger partial charge is 0.230 e. The molecule has 1 fully saturated rings. The molecule has 1 aliphatic rings. The number of nitrogens with two attached hydrogens (primary N) is 1. The second kappa shape index (κ2) is 5.72. The molecule has 0 bridgehead atoms. The predicted octanol–water partition coefficient (Wildman–Crippen LogP) is 0.858. The fourth-order valence-electron chi connectivity index (χ4n) is 2.22. The quantitative estimate of drug-likeness (QED) is 0.904. The molecule has 0 atom stereocenters. The van der Waals surface area contributed by atoms with Gasteiger partial charge in [-0.3, -0.25) is 0 Å². The molecule has 0 spiro atoms. The maximum atomic E-state index is 5.83. The number of anilines is 2. The minimum absolute atomic E-state index is 0.306. The van der Waals surface area contributed by atoms with Gasteiger partial charge >= 0.3 is 0 Å². The molecule has 1 aliphatic heterocycles. The standard InChI is InChI=1S/C13H18N6S/c1-18-4-6-19(7-5-18)13-16-11(15-12(14)17-13)9-10-3-2-8-20-10/h2-3,8H,4-7,9H2,1H3,(H2,14,15,16,17). The minimum Gasteiger partial charge on any atom is -0.368 e. The van der Waals surface area contributed by atoms with Gasteiger partial charge in [0.15, 0.2) is 0 Å². The zero-order valence-corrected chi connectivity index (χ0v) is 12.3. The first-order valence-corrected chi connectivity index (χ1v) is 7.55. The van der Waals surface area contributed by atoms with E-state index in [1.807, 2.05) is 6.07 Å². The molecule has 2 aromatic rings. The van der Waals surface area contributed by atoms with Crippen LogP contribution in [0.4, 0.5) is 11.9 Å². The molecule has 20 heavy (non-hydrogen) atoms. The van der Waals surface area contributed by atoms with Gasteiger partial charge in [-0.25, -0.2) is 0 Å².